The molecule has 0 N–H and O–H groups in total. The van der Waals surface area contributed by atoms with E-state index in [4.69, 9.17) is 0 Å². The topological polar surface area (TPSA) is 41.8 Å². The third-order valence-corrected chi connectivity index (χ3v) is 1.56. The molecule has 1 rings (SSSR count). The van der Waals surface area contributed by atoms with Gasteiger partial charge in [0.1, 0.15) is 11.5 Å². The molecule has 1 aliphatic heterocycles. The van der Waals surface area contributed by atoms with Gasteiger partial charge >= 0.3 is 0 Å². The van der Waals surface area contributed by atoms with Crippen LogP contribution in [-0.4, -0.2) is 23.9 Å². The molecular formula is C8H12N2O. The van der Waals surface area contributed by atoms with E-state index >= 15 is 0 Å². The van der Waals surface area contributed by atoms with Crippen molar-refractivity contribution in [2.45, 2.75) is 20.8 Å². The predicted molar refractivity (Wildman–Crippen MR) is 45.3 cm³/mol. The maximum atomic E-state index is 11.3. The Bertz CT molecular complexity index is 238. The molecule has 3 heteroatoms. The zero-order valence-electron chi connectivity index (χ0n) is 7.09. The van der Waals surface area contributed by atoms with Gasteiger partial charge in [0.15, 0.2) is 5.78 Å². The van der Waals surface area contributed by atoms with Crippen molar-refractivity contribution in [3.8, 4) is 0 Å². The number of ketones is 1. The summed E-state index contributed by atoms with van der Waals surface area (Å²) in [4.78, 5) is 19.3. The molecule has 0 saturated heterocycles. The lowest BCUT2D eigenvalue weighted by Crippen LogP contribution is -2.20. The highest BCUT2D eigenvalue weighted by molar-refractivity contribution is 6.43. The minimum atomic E-state index is 0.0369. The summed E-state index contributed by atoms with van der Waals surface area (Å²) >= 11 is 0. The van der Waals surface area contributed by atoms with Crippen LogP contribution in [0.2, 0.25) is 0 Å². The summed E-state index contributed by atoms with van der Waals surface area (Å²) in [5, 5.41) is 0. The van der Waals surface area contributed by atoms with Crippen LogP contribution in [0, 0.1) is 5.92 Å². The van der Waals surface area contributed by atoms with Crippen LogP contribution in [0.3, 0.4) is 0 Å². The highest BCUT2D eigenvalue weighted by Crippen LogP contribution is 2.02. The molecule has 0 radical (unpaired) electrons. The van der Waals surface area contributed by atoms with Crippen LogP contribution in [0.4, 0.5) is 0 Å². The zero-order chi connectivity index (χ0) is 8.43. The number of amidine groups is 1. The highest BCUT2D eigenvalue weighted by atomic mass is 16.1. The van der Waals surface area contributed by atoms with Gasteiger partial charge in [-0.25, -0.2) is 4.99 Å². The van der Waals surface area contributed by atoms with Gasteiger partial charge in [0.25, 0.3) is 0 Å². The Morgan fingerprint density at radius 2 is 2.18 bits per heavy atom. The minimum absolute atomic E-state index is 0.0369. The second-order valence-corrected chi connectivity index (χ2v) is 2.94. The smallest absolute Gasteiger partial charge is 0.181 e. The van der Waals surface area contributed by atoms with Gasteiger partial charge in [-0.1, -0.05) is 13.8 Å². The lowest BCUT2D eigenvalue weighted by Gasteiger charge is -2.00. The molecule has 0 fully saturated rings. The molecule has 0 aromatic carbocycles. The van der Waals surface area contributed by atoms with Crippen LogP contribution in [0.1, 0.15) is 20.8 Å². The molecule has 60 valence electrons. The van der Waals surface area contributed by atoms with Crippen LogP contribution < -0.4 is 0 Å². The van der Waals surface area contributed by atoms with Crippen LogP contribution in [0.25, 0.3) is 0 Å². The summed E-state index contributed by atoms with van der Waals surface area (Å²) < 4.78 is 0. The lowest BCUT2D eigenvalue weighted by molar-refractivity contribution is -0.115. The zero-order valence-corrected chi connectivity index (χ0v) is 7.09. The SMILES string of the molecule is CC1=NCC(C(=O)C(C)C)=N1. The number of carbonyl (C=O) groups excluding carboxylic acids is 1. The van der Waals surface area contributed by atoms with E-state index in [1.54, 1.807) is 6.92 Å². The first kappa shape index (κ1) is 8.11. The fraction of sp³-hybridized carbons (Fsp3) is 0.625. The second kappa shape index (κ2) is 2.95. The summed E-state index contributed by atoms with van der Waals surface area (Å²) in [5.41, 5.74) is 0.609. The van der Waals surface area contributed by atoms with Gasteiger partial charge in [-0.05, 0) is 6.92 Å². The lowest BCUT2D eigenvalue weighted by atomic mass is 10.1. The van der Waals surface area contributed by atoms with Crippen molar-refractivity contribution in [2.75, 3.05) is 6.54 Å². The Morgan fingerprint density at radius 3 is 2.55 bits per heavy atom. The number of nitrogens with zero attached hydrogens (tertiary/aromatic N) is 2. The number of Topliss-reactive ketones (excluding diaryl/α,β-unsaturated/α-hetero) is 1. The van der Waals surface area contributed by atoms with E-state index in [2.05, 4.69) is 9.98 Å². The normalized spacial score (nSPS) is 16.7. The highest BCUT2D eigenvalue weighted by Gasteiger charge is 2.17. The van der Waals surface area contributed by atoms with Crippen molar-refractivity contribution in [1.29, 1.82) is 0 Å². The van der Waals surface area contributed by atoms with Gasteiger partial charge < -0.3 is 0 Å². The first-order valence-corrected chi connectivity index (χ1v) is 3.74. The summed E-state index contributed by atoms with van der Waals surface area (Å²) in [6.07, 6.45) is 0. The van der Waals surface area contributed by atoms with Gasteiger partial charge in [-0.2, -0.15) is 0 Å². The van der Waals surface area contributed by atoms with Crippen molar-refractivity contribution >= 4 is 17.3 Å². The van der Waals surface area contributed by atoms with Gasteiger partial charge in [0.05, 0.1) is 6.54 Å². The molecule has 0 bridgehead atoms. The molecule has 0 aromatic heterocycles. The predicted octanol–water partition coefficient (Wildman–Crippen LogP) is 1.08. The summed E-state index contributed by atoms with van der Waals surface area (Å²) in [6, 6.07) is 0. The molecule has 0 aliphatic carbocycles. The molecule has 0 spiro atoms. The quantitative estimate of drug-likeness (QED) is 0.583. The van der Waals surface area contributed by atoms with Gasteiger partial charge in [0.2, 0.25) is 0 Å². The fourth-order valence-electron chi connectivity index (χ4n) is 0.922. The van der Waals surface area contributed by atoms with Crippen LogP contribution in [0.15, 0.2) is 9.98 Å². The number of hydrogen-bond acceptors (Lipinski definition) is 3. The second-order valence-electron chi connectivity index (χ2n) is 2.94. The van der Waals surface area contributed by atoms with E-state index in [-0.39, 0.29) is 11.7 Å². The van der Waals surface area contributed by atoms with E-state index in [9.17, 15) is 4.79 Å². The van der Waals surface area contributed by atoms with E-state index in [1.807, 2.05) is 13.8 Å². The molecule has 0 amide bonds. The van der Waals surface area contributed by atoms with E-state index in [0.29, 0.717) is 18.1 Å². The average Bonchev–Trinajstić information content (AvgIpc) is 2.34. The largest absolute Gasteiger partial charge is 0.292 e. The Balaban J connectivity index is 2.66. The molecule has 1 aliphatic rings. The fourth-order valence-corrected chi connectivity index (χ4v) is 0.922. The van der Waals surface area contributed by atoms with Crippen molar-refractivity contribution in [3.05, 3.63) is 0 Å². The van der Waals surface area contributed by atoms with Crippen molar-refractivity contribution < 1.29 is 4.79 Å². The van der Waals surface area contributed by atoms with E-state index < -0.39 is 0 Å². The number of rotatable bonds is 2. The van der Waals surface area contributed by atoms with Gasteiger partial charge in [0, 0.05) is 5.92 Å². The van der Waals surface area contributed by atoms with Crippen molar-refractivity contribution in [1.82, 2.24) is 0 Å². The van der Waals surface area contributed by atoms with Crippen molar-refractivity contribution in [3.63, 3.8) is 0 Å². The van der Waals surface area contributed by atoms with E-state index in [0.717, 1.165) is 0 Å². The third kappa shape index (κ3) is 1.73. The molecule has 0 saturated carbocycles. The maximum Gasteiger partial charge on any atom is 0.181 e. The standard InChI is InChI=1S/C8H12N2O/c1-5(2)8(11)7-4-9-6(3)10-7/h5H,4H2,1-3H3. The molecule has 0 atom stereocenters. The van der Waals surface area contributed by atoms with Crippen molar-refractivity contribution in [2.24, 2.45) is 15.9 Å². The monoisotopic (exact) mass is 152 g/mol. The van der Waals surface area contributed by atoms with E-state index in [1.165, 1.54) is 0 Å². The minimum Gasteiger partial charge on any atom is -0.292 e. The van der Waals surface area contributed by atoms with Crippen LogP contribution >= 0.6 is 0 Å². The number of aliphatic imine (C=N–C) groups is 2. The van der Waals surface area contributed by atoms with Gasteiger partial charge in [-0.3, -0.25) is 9.79 Å². The molecule has 3 nitrogen and oxygen atoms in total. The Morgan fingerprint density at radius 1 is 1.55 bits per heavy atom. The van der Waals surface area contributed by atoms with Crippen LogP contribution in [-0.2, 0) is 4.79 Å². The van der Waals surface area contributed by atoms with Gasteiger partial charge in [-0.15, -0.1) is 0 Å². The third-order valence-electron chi connectivity index (χ3n) is 1.56. The summed E-state index contributed by atoms with van der Waals surface area (Å²) in [5.74, 6) is 0.870. The molecule has 0 unspecified atom stereocenters. The number of hydrogen-bond donors (Lipinski definition) is 0. The molecule has 1 heterocycles. The van der Waals surface area contributed by atoms with Crippen LogP contribution in [0.5, 0.6) is 0 Å². The Labute approximate surface area is 66.2 Å². The average molecular weight is 152 g/mol. The molecular weight excluding hydrogens is 140 g/mol. The summed E-state index contributed by atoms with van der Waals surface area (Å²) in [7, 11) is 0. The maximum absolute atomic E-state index is 11.3. The first-order valence-electron chi connectivity index (χ1n) is 3.74. The summed E-state index contributed by atoms with van der Waals surface area (Å²) in [6.45, 7) is 6.03. The number of carbonyl (C=O) groups is 1. The molecule has 0 aromatic rings. The first-order chi connectivity index (χ1) is 5.11. The Kier molecular flexibility index (Phi) is 2.17. The Hall–Kier alpha value is -0.990. The molecule has 11 heavy (non-hydrogen) atoms.